The van der Waals surface area contributed by atoms with Crippen LogP contribution in [0.2, 0.25) is 0 Å². The molecule has 0 aromatic heterocycles. The van der Waals surface area contributed by atoms with Crippen molar-refractivity contribution in [1.29, 1.82) is 0 Å². The topological polar surface area (TPSA) is 809 Å². The highest BCUT2D eigenvalue weighted by Crippen LogP contribution is 2.41. The van der Waals surface area contributed by atoms with Crippen LogP contribution in [-0.2, 0) is 104 Å². The molecule has 0 aromatic carbocycles. The SMILES string of the molecule is CC(=O)N[C@H]1[C@H](OC[C@H]2O[C@@H](O[C@H]3[C@H](O)[C@@H](O)[C@@H](O)O[C@@H]3CO)[C@H](O)[C@@H](O[C@@H]3O[C@H](CO)[C@@H](O[C@@H]4O[C@H](CO)[C@H](O)[C@H](O)[C@H]4O)[C@H](O[C@@H]4O[C@@H](C)[C@@H](O)[C@@H](O)[C@@H]4O)[C@H]3NC(C)=O)[C@H]2O)O[C@H](CO)[C@@H](O[C@@H]2O[C@H](CO)[C@H](O)[C@H](O[C@@H]3O[C@H](CO)[C@@H](O)[C@H](O[C@@H]4O[C@H](CO)[C@H](O)[C@H](O)[C@H]4O[C@@H]4O[C@@H](C)[C@@H](O)[C@@H](O)[C@@H]4O)[C@H]3NC(C)=O)[C@H]2O)[C@@H]1O. The van der Waals surface area contributed by atoms with Gasteiger partial charge in [0.05, 0.1) is 65.1 Å². The molecule has 0 aromatic rings. The molecule has 0 radical (unpaired) electrons. The van der Waals surface area contributed by atoms with E-state index in [4.69, 9.17) is 90.0 Å². The summed E-state index contributed by atoms with van der Waals surface area (Å²) >= 11 is 0. The Hall–Kier alpha value is -3.43. The first-order valence-corrected chi connectivity index (χ1v) is 37.9. The van der Waals surface area contributed by atoms with Crippen molar-refractivity contribution in [1.82, 2.24) is 16.0 Å². The lowest BCUT2D eigenvalue weighted by Gasteiger charge is -2.52. The molecule has 10 rings (SSSR count). The summed E-state index contributed by atoms with van der Waals surface area (Å²) in [6.45, 7) is -3.57. The number of aliphatic hydroxyl groups excluding tert-OH is 27. The van der Waals surface area contributed by atoms with E-state index in [0.29, 0.717) is 0 Å². The molecule has 10 aliphatic heterocycles. The van der Waals surface area contributed by atoms with Crippen molar-refractivity contribution >= 4 is 17.7 Å². The zero-order valence-electron chi connectivity index (χ0n) is 63.6. The summed E-state index contributed by atoms with van der Waals surface area (Å²) in [6.07, 6.45) is -95.7. The van der Waals surface area contributed by atoms with E-state index in [1.165, 1.54) is 13.8 Å². The average Bonchev–Trinajstić information content (AvgIpc) is 0.763. The number of carbonyl (C=O) groups excluding carboxylic acids is 3. The zero-order chi connectivity index (χ0) is 86.8. The Morgan fingerprint density at radius 3 is 1.01 bits per heavy atom. The number of carbonyl (C=O) groups is 3. The summed E-state index contributed by atoms with van der Waals surface area (Å²) in [6, 6.07) is -5.87. The lowest BCUT2D eigenvalue weighted by atomic mass is 9.93. The van der Waals surface area contributed by atoms with Crippen LogP contribution in [0.15, 0.2) is 0 Å². The Balaban J connectivity index is 0.918. The third kappa shape index (κ3) is 20.8. The van der Waals surface area contributed by atoms with Gasteiger partial charge in [-0.05, 0) is 13.8 Å². The maximum Gasteiger partial charge on any atom is 0.217 e. The third-order valence-corrected chi connectivity index (χ3v) is 22.0. The van der Waals surface area contributed by atoms with Crippen LogP contribution >= 0.6 is 0 Å². The molecule has 0 saturated carbocycles. The number of ether oxygens (including phenoxy) is 19. The standard InChI is InChI=1S/C66H111N3O49/c1-14-30(80)38(88)44(94)61(101-14)115-53-29(69-18(5)79)60(109-25(12-76)51(53)113-63-46(96)40(90)32(82)19(6-70)105-63)117-55-36(86)26(110-65(48(55)98)112-50-23(10-74)103-57(99)43(93)42(50)92)13-100-58-27(67-16(3)77)37(87)49(24(11-75)108-58)111-64-47(97)54(35(85)22(9-73)106-64)116-59-28(68-17(4)78)52(34(84)21(8-72)104-59)114-66-56(41(91)33(83)20(7-71)107-66)118-62-45(95)39(89)31(81)15(2)102-62/h14-15,19-66,70-76,80-99H,6-13H2,1-5H3,(H,67,77)(H,68,78)(H,69,79)/t14-,15-,19+,20+,21+,22+,23+,24+,25+,26+,27+,28+,29+,30+,31+,32-,33-,34+,35-,36-,37+,38+,39+,40-,41-,42+,43+,44-,45-,46+,47+,48+,49+,50+,51+,52+,53+,54-,55-,56+,57-,58+,59-,60-,61-,62-,63-,64-,65-,66-/m0/s1. The number of hydrogen-bond acceptors (Lipinski definition) is 49. The maximum absolute atomic E-state index is 13.4. The Morgan fingerprint density at radius 1 is 0.237 bits per heavy atom. The van der Waals surface area contributed by atoms with Crippen molar-refractivity contribution < 1.29 is 242 Å². The Kier molecular flexibility index (Phi) is 34.3. The van der Waals surface area contributed by atoms with Crippen LogP contribution in [0.3, 0.4) is 0 Å². The van der Waals surface area contributed by atoms with E-state index >= 15 is 0 Å². The minimum atomic E-state index is -2.46. The van der Waals surface area contributed by atoms with Gasteiger partial charge in [-0.1, -0.05) is 0 Å². The molecule has 684 valence electrons. The average molecular weight is 1730 g/mol. The summed E-state index contributed by atoms with van der Waals surface area (Å²) in [5.74, 6) is -2.91. The second-order valence-electron chi connectivity index (χ2n) is 30.2. The van der Waals surface area contributed by atoms with Gasteiger partial charge in [-0.25, -0.2) is 0 Å². The Labute approximate surface area is 668 Å². The third-order valence-electron chi connectivity index (χ3n) is 22.0. The highest BCUT2D eigenvalue weighted by atomic mass is 16.8. The summed E-state index contributed by atoms with van der Waals surface area (Å²) in [7, 11) is 0. The highest BCUT2D eigenvalue weighted by Gasteiger charge is 2.62. The zero-order valence-corrected chi connectivity index (χ0v) is 63.6. The van der Waals surface area contributed by atoms with Gasteiger partial charge in [0.1, 0.15) is 232 Å². The van der Waals surface area contributed by atoms with Crippen LogP contribution in [0, 0.1) is 0 Å². The van der Waals surface area contributed by atoms with Crippen LogP contribution in [-0.4, -0.2) is 515 Å². The molecule has 30 N–H and O–H groups in total. The predicted molar refractivity (Wildman–Crippen MR) is 362 cm³/mol. The number of hydrogen-bond donors (Lipinski definition) is 30. The van der Waals surface area contributed by atoms with Crippen molar-refractivity contribution in [3.8, 4) is 0 Å². The van der Waals surface area contributed by atoms with Crippen LogP contribution in [0.1, 0.15) is 34.6 Å². The Bertz CT molecular complexity index is 3140. The quantitative estimate of drug-likeness (QED) is 0.0331. The smallest absolute Gasteiger partial charge is 0.217 e. The highest BCUT2D eigenvalue weighted by molar-refractivity contribution is 5.74. The van der Waals surface area contributed by atoms with E-state index in [-0.39, 0.29) is 0 Å². The first-order chi connectivity index (χ1) is 55.8. The van der Waals surface area contributed by atoms with E-state index in [1.807, 2.05) is 0 Å². The van der Waals surface area contributed by atoms with Gasteiger partial charge < -0.3 is 244 Å². The van der Waals surface area contributed by atoms with Crippen molar-refractivity contribution in [2.24, 2.45) is 0 Å². The molecule has 0 bridgehead atoms. The normalized spacial score (nSPS) is 51.1. The summed E-state index contributed by atoms with van der Waals surface area (Å²) in [4.78, 5) is 39.7. The van der Waals surface area contributed by atoms with Crippen molar-refractivity contribution in [3.05, 3.63) is 0 Å². The summed E-state index contributed by atoms with van der Waals surface area (Å²) in [5, 5.41) is 306. The van der Waals surface area contributed by atoms with Crippen molar-refractivity contribution in [3.63, 3.8) is 0 Å². The van der Waals surface area contributed by atoms with Crippen LogP contribution < -0.4 is 16.0 Å². The van der Waals surface area contributed by atoms with E-state index < -0.39 is 377 Å². The molecule has 50 atom stereocenters. The molecule has 10 saturated heterocycles. The molecule has 0 spiro atoms. The number of rotatable bonds is 29. The first kappa shape index (κ1) is 96.8. The van der Waals surface area contributed by atoms with Gasteiger partial charge in [0.25, 0.3) is 0 Å². The van der Waals surface area contributed by atoms with Gasteiger partial charge in [-0.15, -0.1) is 0 Å². The fourth-order valence-corrected chi connectivity index (χ4v) is 15.4. The second kappa shape index (κ2) is 41.8. The van der Waals surface area contributed by atoms with Gasteiger partial charge >= 0.3 is 0 Å². The fraction of sp³-hybridized carbons (Fsp3) is 0.955. The number of aliphatic hydroxyl groups is 27. The largest absolute Gasteiger partial charge is 0.394 e. The number of amides is 3. The molecule has 0 aliphatic carbocycles. The van der Waals surface area contributed by atoms with Gasteiger partial charge in [-0.2, -0.15) is 0 Å². The minimum Gasteiger partial charge on any atom is -0.394 e. The monoisotopic (exact) mass is 1730 g/mol. The van der Waals surface area contributed by atoms with Crippen molar-refractivity contribution in [2.45, 2.75) is 341 Å². The molecule has 10 heterocycles. The van der Waals surface area contributed by atoms with Crippen LogP contribution in [0.25, 0.3) is 0 Å². The number of nitrogens with one attached hydrogen (secondary N) is 3. The van der Waals surface area contributed by atoms with E-state index in [1.54, 1.807) is 0 Å². The van der Waals surface area contributed by atoms with E-state index in [2.05, 4.69) is 16.0 Å². The molecule has 52 nitrogen and oxygen atoms in total. The minimum absolute atomic E-state index is 0.928. The molecule has 10 aliphatic rings. The summed E-state index contributed by atoms with van der Waals surface area (Å²) < 4.78 is 113. The van der Waals surface area contributed by atoms with Gasteiger partial charge in [0.2, 0.25) is 17.7 Å². The summed E-state index contributed by atoms with van der Waals surface area (Å²) in [5.41, 5.74) is 0. The van der Waals surface area contributed by atoms with Gasteiger partial charge in [0.15, 0.2) is 62.9 Å². The maximum atomic E-state index is 13.4. The molecule has 52 heteroatoms. The molecule has 10 fully saturated rings. The first-order valence-electron chi connectivity index (χ1n) is 37.9. The second-order valence-corrected chi connectivity index (χ2v) is 30.2. The molecular formula is C66H111N3O49. The lowest BCUT2D eigenvalue weighted by molar-refractivity contribution is -0.394. The van der Waals surface area contributed by atoms with Crippen molar-refractivity contribution in [2.75, 3.05) is 52.9 Å². The van der Waals surface area contributed by atoms with Crippen LogP contribution in [0.4, 0.5) is 0 Å². The molecular weight excluding hydrogens is 1620 g/mol. The Morgan fingerprint density at radius 2 is 0.534 bits per heavy atom. The van der Waals surface area contributed by atoms with Gasteiger partial charge in [-0.3, -0.25) is 14.4 Å². The fourth-order valence-electron chi connectivity index (χ4n) is 15.4. The molecule has 0 unspecified atom stereocenters. The van der Waals surface area contributed by atoms with Gasteiger partial charge in [0, 0.05) is 20.8 Å². The molecule has 118 heavy (non-hydrogen) atoms. The molecule has 3 amide bonds. The predicted octanol–water partition coefficient (Wildman–Crippen LogP) is -20.3. The van der Waals surface area contributed by atoms with E-state index in [0.717, 1.165) is 20.8 Å². The van der Waals surface area contributed by atoms with Crippen LogP contribution in [0.5, 0.6) is 0 Å². The lowest BCUT2D eigenvalue weighted by Crippen LogP contribution is -2.71. The van der Waals surface area contributed by atoms with E-state index in [9.17, 15) is 152 Å².